The number of hydrogen-bond donors (Lipinski definition) is 3. The van der Waals surface area contributed by atoms with Gasteiger partial charge in [0, 0.05) is 60.3 Å². The van der Waals surface area contributed by atoms with Crippen LogP contribution in [0, 0.1) is 34.0 Å². The number of ketones is 1. The van der Waals surface area contributed by atoms with Crippen LogP contribution >= 0.6 is 0 Å². The van der Waals surface area contributed by atoms with Crippen molar-refractivity contribution in [2.45, 2.75) is 96.7 Å². The molecule has 15 nitrogen and oxygen atoms in total. The number of esters is 3. The largest absolute Gasteiger partial charge is 0.463 e. The highest BCUT2D eigenvalue weighted by molar-refractivity contribution is 6.05. The Labute approximate surface area is 336 Å². The van der Waals surface area contributed by atoms with Gasteiger partial charge in [0.15, 0.2) is 5.78 Å². The van der Waals surface area contributed by atoms with Gasteiger partial charge < -0.3 is 48.3 Å². The molecule has 316 valence electrons. The summed E-state index contributed by atoms with van der Waals surface area (Å²) in [7, 11) is 0. The van der Waals surface area contributed by atoms with Crippen LogP contribution in [-0.2, 0) is 38.1 Å². The van der Waals surface area contributed by atoms with E-state index < -0.39 is 87.4 Å². The molecule has 1 aromatic heterocycles. The maximum Gasteiger partial charge on any atom is 0.351 e. The van der Waals surface area contributed by atoms with Crippen molar-refractivity contribution < 1.29 is 62.6 Å². The Kier molecular flexibility index (Phi) is 11.4. The number of carbonyl (C=O) groups is 4. The van der Waals surface area contributed by atoms with E-state index in [-0.39, 0.29) is 63.4 Å². The van der Waals surface area contributed by atoms with Gasteiger partial charge in [-0.1, -0.05) is 20.4 Å². The van der Waals surface area contributed by atoms with Crippen molar-refractivity contribution in [3.05, 3.63) is 52.4 Å². The Bertz CT molecular complexity index is 2020. The van der Waals surface area contributed by atoms with E-state index in [1.165, 1.54) is 6.07 Å². The van der Waals surface area contributed by atoms with E-state index in [9.17, 15) is 39.3 Å². The smallest absolute Gasteiger partial charge is 0.351 e. The van der Waals surface area contributed by atoms with Gasteiger partial charge in [0.1, 0.15) is 42.0 Å². The minimum absolute atomic E-state index is 0.00755. The number of benzene rings is 1. The van der Waals surface area contributed by atoms with E-state index in [2.05, 4.69) is 11.5 Å². The first-order valence-corrected chi connectivity index (χ1v) is 20.5. The van der Waals surface area contributed by atoms with Crippen molar-refractivity contribution in [3.63, 3.8) is 0 Å². The van der Waals surface area contributed by atoms with Crippen molar-refractivity contribution in [1.29, 1.82) is 0 Å². The fourth-order valence-corrected chi connectivity index (χ4v) is 11.3. The fraction of sp³-hybridized carbons (Fsp3) is 0.651. The van der Waals surface area contributed by atoms with E-state index in [4.69, 9.17) is 28.1 Å². The molecule has 4 saturated carbocycles. The molecule has 9 atom stereocenters. The molecule has 15 heteroatoms. The lowest BCUT2D eigenvalue weighted by Crippen LogP contribution is -2.85. The summed E-state index contributed by atoms with van der Waals surface area (Å²) in [6, 6.07) is 6.86. The van der Waals surface area contributed by atoms with Gasteiger partial charge in [-0.25, -0.2) is 9.59 Å². The number of aliphatic hydroxyl groups excluding tert-OH is 2. The van der Waals surface area contributed by atoms with Gasteiger partial charge in [-0.05, 0) is 81.1 Å². The summed E-state index contributed by atoms with van der Waals surface area (Å²) >= 11 is 0. The summed E-state index contributed by atoms with van der Waals surface area (Å²) in [6.07, 6.45) is -1.79. The molecule has 1 aromatic carbocycles. The fourth-order valence-electron chi connectivity index (χ4n) is 11.3. The molecule has 3 N–H and O–H groups in total. The van der Waals surface area contributed by atoms with Crippen molar-refractivity contribution in [2.75, 3.05) is 51.0 Å². The van der Waals surface area contributed by atoms with Gasteiger partial charge in [0.05, 0.1) is 25.9 Å². The zero-order valence-corrected chi connectivity index (χ0v) is 33.7. The van der Waals surface area contributed by atoms with Gasteiger partial charge in [0.25, 0.3) is 0 Å². The Morgan fingerprint density at radius 1 is 0.948 bits per heavy atom. The Hall–Kier alpha value is -4.15. The summed E-state index contributed by atoms with van der Waals surface area (Å²) in [5.74, 6) is -6.73. The van der Waals surface area contributed by atoms with Crippen LogP contribution in [0.1, 0.15) is 83.0 Å². The summed E-state index contributed by atoms with van der Waals surface area (Å²) < 4.78 is 33.3. The molecule has 2 spiro atoms. The van der Waals surface area contributed by atoms with Gasteiger partial charge in [-0.15, -0.1) is 0 Å². The van der Waals surface area contributed by atoms with Gasteiger partial charge in [-0.2, -0.15) is 0 Å². The van der Waals surface area contributed by atoms with Gasteiger partial charge >= 0.3 is 23.5 Å². The molecule has 0 amide bonds. The van der Waals surface area contributed by atoms with Crippen molar-refractivity contribution in [2.24, 2.45) is 34.0 Å². The number of anilines is 1. The maximum atomic E-state index is 14.2. The zero-order valence-electron chi connectivity index (χ0n) is 33.7. The van der Waals surface area contributed by atoms with Crippen LogP contribution in [0.3, 0.4) is 0 Å². The standard InChI is InChI=1S/C43H55NO14/c1-6-44(7-2)26-12-11-25-21-28(39(51)57-29(25)22-26)38(50)55-20-18-53-17-19-54-32(46)9-8-10-33(47)58-37-27-13-14-30-41-23-56-43(52,42(30,37)35(48)24(27)3)36(49)34(41)40(4,5)16-15-31(41)45/h11-12,21-22,27,30-31,34,36-37,45,49,52H,3,6-10,13-20,23H2,1-2,4-5H3/t27-,30-,31-,34+,36-,37+,41+,42-,43-/m0/s1. The number of fused-ring (bicyclic) bond motifs is 3. The predicted octanol–water partition coefficient (Wildman–Crippen LogP) is 3.47. The van der Waals surface area contributed by atoms with E-state index >= 15 is 0 Å². The minimum atomic E-state index is -2.35. The predicted molar refractivity (Wildman–Crippen MR) is 206 cm³/mol. The number of aliphatic hydroxyl groups is 3. The third-order valence-electron chi connectivity index (χ3n) is 13.9. The van der Waals surface area contributed by atoms with E-state index in [0.29, 0.717) is 36.7 Å². The average molecular weight is 810 g/mol. The van der Waals surface area contributed by atoms with Crippen molar-refractivity contribution in [3.8, 4) is 0 Å². The third kappa shape index (κ3) is 6.48. The molecule has 4 bridgehead atoms. The first kappa shape index (κ1) is 42.0. The summed E-state index contributed by atoms with van der Waals surface area (Å²) in [5.41, 5.74) is -2.90. The van der Waals surface area contributed by atoms with Crippen LogP contribution in [-0.4, -0.2) is 109 Å². The SMILES string of the molecule is C=C1C(=O)[C@]23[C@H](OC(=O)CCCC(=O)OCCOCCOC(=O)c4cc5ccc(N(CC)CC)cc5oc4=O)[C@H]1CC[C@H]2[C@@]12CO[C@@]3(O)[C@@H](O)[C@@H]1C(C)(C)CC[C@@H]2O. The monoisotopic (exact) mass is 809 g/mol. The van der Waals surface area contributed by atoms with E-state index in [1.54, 1.807) is 12.1 Å². The van der Waals surface area contributed by atoms with E-state index in [1.807, 2.05) is 33.8 Å². The molecule has 0 unspecified atom stereocenters. The van der Waals surface area contributed by atoms with Crippen LogP contribution < -0.4 is 10.5 Å². The average Bonchev–Trinajstić information content (AvgIpc) is 3.29. The molecule has 0 radical (unpaired) electrons. The highest BCUT2D eigenvalue weighted by Crippen LogP contribution is 2.76. The molecule has 2 aromatic rings. The van der Waals surface area contributed by atoms with Gasteiger partial charge in [0.2, 0.25) is 5.79 Å². The maximum absolute atomic E-state index is 14.2. The molecule has 2 aliphatic heterocycles. The molecular weight excluding hydrogens is 754 g/mol. The molecule has 58 heavy (non-hydrogen) atoms. The second kappa shape index (κ2) is 15.8. The Morgan fingerprint density at radius 3 is 2.38 bits per heavy atom. The topological polar surface area (TPSA) is 209 Å². The highest BCUT2D eigenvalue weighted by Gasteiger charge is 2.87. The number of nitrogens with zero attached hydrogens (tertiary/aromatic N) is 1. The number of ether oxygens (including phenoxy) is 5. The zero-order chi connectivity index (χ0) is 41.8. The molecule has 8 rings (SSSR count). The van der Waals surface area contributed by atoms with Crippen molar-refractivity contribution >= 4 is 40.3 Å². The van der Waals surface area contributed by atoms with Crippen LogP contribution in [0.4, 0.5) is 5.69 Å². The number of Topliss-reactive ketones (excluding diaryl/α,β-unsaturated/α-hetero) is 1. The molecule has 2 saturated heterocycles. The van der Waals surface area contributed by atoms with Gasteiger partial charge in [-0.3, -0.25) is 14.4 Å². The van der Waals surface area contributed by atoms with Crippen LogP contribution in [0.5, 0.6) is 0 Å². The number of carbonyl (C=O) groups excluding carboxylic acids is 4. The molecule has 3 heterocycles. The normalized spacial score (nSPS) is 33.0. The summed E-state index contributed by atoms with van der Waals surface area (Å²) in [6.45, 7) is 13.4. The first-order valence-electron chi connectivity index (χ1n) is 20.5. The highest BCUT2D eigenvalue weighted by atomic mass is 16.7. The minimum Gasteiger partial charge on any atom is -0.463 e. The second-order valence-corrected chi connectivity index (χ2v) is 17.1. The number of rotatable bonds is 15. The summed E-state index contributed by atoms with van der Waals surface area (Å²) in [4.78, 5) is 67.2. The summed E-state index contributed by atoms with van der Waals surface area (Å²) in [5, 5.41) is 36.4. The lowest BCUT2D eigenvalue weighted by Gasteiger charge is -2.74. The first-order chi connectivity index (χ1) is 27.6. The quantitative estimate of drug-likeness (QED) is 0.0774. The molecule has 6 aliphatic rings. The van der Waals surface area contributed by atoms with E-state index in [0.717, 1.165) is 18.8 Å². The van der Waals surface area contributed by atoms with Crippen LogP contribution in [0.25, 0.3) is 11.0 Å². The molecule has 4 aliphatic carbocycles. The molecular formula is C43H55NO14. The van der Waals surface area contributed by atoms with Crippen LogP contribution in [0.15, 0.2) is 45.6 Å². The lowest BCUT2D eigenvalue weighted by molar-refractivity contribution is -0.458. The van der Waals surface area contributed by atoms with Crippen molar-refractivity contribution in [1.82, 2.24) is 0 Å². The Morgan fingerprint density at radius 2 is 1.66 bits per heavy atom. The second-order valence-electron chi connectivity index (χ2n) is 17.1. The van der Waals surface area contributed by atoms with Crippen LogP contribution in [0.2, 0.25) is 0 Å². The third-order valence-corrected chi connectivity index (χ3v) is 13.9. The molecule has 6 fully saturated rings. The lowest BCUT2D eigenvalue weighted by atomic mass is 9.35. The number of hydrogen-bond acceptors (Lipinski definition) is 15. The Balaban J connectivity index is 0.860.